The molecule has 20 heavy (non-hydrogen) atoms. The lowest BCUT2D eigenvalue weighted by molar-refractivity contribution is 0.484. The summed E-state index contributed by atoms with van der Waals surface area (Å²) < 4.78 is 5.73. The largest absolute Gasteiger partial charge is 0.441 e. The number of benzene rings is 1. The quantitative estimate of drug-likeness (QED) is 0.793. The summed E-state index contributed by atoms with van der Waals surface area (Å²) in [6, 6.07) is 5.97. The Bertz CT molecular complexity index is 567. The molecule has 0 aliphatic heterocycles. The maximum Gasteiger partial charge on any atom is 0.194 e. The van der Waals surface area contributed by atoms with E-state index in [4.69, 9.17) is 27.6 Å². The zero-order valence-electron chi connectivity index (χ0n) is 11.6. The van der Waals surface area contributed by atoms with E-state index in [0.717, 1.165) is 30.8 Å². The van der Waals surface area contributed by atoms with Crippen LogP contribution in [0.15, 0.2) is 28.8 Å². The van der Waals surface area contributed by atoms with Gasteiger partial charge in [-0.15, -0.1) is 0 Å². The summed E-state index contributed by atoms with van der Waals surface area (Å²) in [6.07, 6.45) is 3.49. The van der Waals surface area contributed by atoms with Crippen molar-refractivity contribution in [3.8, 4) is 11.3 Å². The first-order valence-electron chi connectivity index (χ1n) is 6.70. The second-order valence-electron chi connectivity index (χ2n) is 4.93. The van der Waals surface area contributed by atoms with Gasteiger partial charge in [-0.3, -0.25) is 0 Å². The van der Waals surface area contributed by atoms with Gasteiger partial charge in [0, 0.05) is 18.0 Å². The van der Waals surface area contributed by atoms with Crippen LogP contribution in [-0.2, 0) is 6.42 Å². The molecule has 0 aliphatic rings. The van der Waals surface area contributed by atoms with E-state index in [1.165, 1.54) is 0 Å². The molecular weight excluding hydrogens is 295 g/mol. The SMILES string of the molecule is CC(C)NCCCc1ncc(-c2cccc(Cl)c2Cl)o1. The molecule has 0 aliphatic carbocycles. The number of hydrogen-bond donors (Lipinski definition) is 1. The van der Waals surface area contributed by atoms with Crippen molar-refractivity contribution < 1.29 is 4.42 Å². The van der Waals surface area contributed by atoms with Crippen molar-refractivity contribution in [2.24, 2.45) is 0 Å². The molecule has 0 fully saturated rings. The van der Waals surface area contributed by atoms with Crippen LogP contribution in [-0.4, -0.2) is 17.6 Å². The van der Waals surface area contributed by atoms with Crippen LogP contribution in [0.2, 0.25) is 10.0 Å². The third kappa shape index (κ3) is 3.98. The van der Waals surface area contributed by atoms with Gasteiger partial charge in [-0.25, -0.2) is 4.98 Å². The lowest BCUT2D eigenvalue weighted by Crippen LogP contribution is -2.23. The van der Waals surface area contributed by atoms with Crippen LogP contribution in [0.25, 0.3) is 11.3 Å². The average molecular weight is 313 g/mol. The maximum absolute atomic E-state index is 6.17. The van der Waals surface area contributed by atoms with Gasteiger partial charge in [-0.05, 0) is 25.1 Å². The summed E-state index contributed by atoms with van der Waals surface area (Å²) in [5.41, 5.74) is 0.776. The molecule has 0 amide bonds. The van der Waals surface area contributed by atoms with Crippen molar-refractivity contribution in [2.75, 3.05) is 6.54 Å². The van der Waals surface area contributed by atoms with E-state index in [2.05, 4.69) is 24.1 Å². The molecule has 1 aromatic carbocycles. The molecule has 0 saturated heterocycles. The van der Waals surface area contributed by atoms with Crippen molar-refractivity contribution in [2.45, 2.75) is 32.7 Å². The molecule has 108 valence electrons. The van der Waals surface area contributed by atoms with Gasteiger partial charge < -0.3 is 9.73 Å². The van der Waals surface area contributed by atoms with Gasteiger partial charge in [-0.2, -0.15) is 0 Å². The van der Waals surface area contributed by atoms with Gasteiger partial charge in [0.15, 0.2) is 11.7 Å². The fraction of sp³-hybridized carbons (Fsp3) is 0.400. The van der Waals surface area contributed by atoms with E-state index in [0.29, 0.717) is 21.8 Å². The van der Waals surface area contributed by atoms with Crippen molar-refractivity contribution in [1.29, 1.82) is 0 Å². The molecule has 1 heterocycles. The highest BCUT2D eigenvalue weighted by molar-refractivity contribution is 6.43. The van der Waals surface area contributed by atoms with Crippen LogP contribution >= 0.6 is 23.2 Å². The number of nitrogens with zero attached hydrogens (tertiary/aromatic N) is 1. The van der Waals surface area contributed by atoms with E-state index in [9.17, 15) is 0 Å². The first-order chi connectivity index (χ1) is 9.58. The van der Waals surface area contributed by atoms with Crippen LogP contribution in [0.3, 0.4) is 0 Å². The highest BCUT2D eigenvalue weighted by atomic mass is 35.5. The molecule has 0 atom stereocenters. The Labute approximate surface area is 129 Å². The Morgan fingerprint density at radius 2 is 2.10 bits per heavy atom. The highest BCUT2D eigenvalue weighted by Crippen LogP contribution is 2.33. The molecule has 0 radical (unpaired) electrons. The van der Waals surface area contributed by atoms with Crippen molar-refractivity contribution in [1.82, 2.24) is 10.3 Å². The van der Waals surface area contributed by atoms with Crippen LogP contribution in [0.1, 0.15) is 26.2 Å². The first-order valence-corrected chi connectivity index (χ1v) is 7.46. The Kier molecular flexibility index (Phi) is 5.46. The predicted octanol–water partition coefficient (Wildman–Crippen LogP) is 4.58. The Morgan fingerprint density at radius 3 is 2.85 bits per heavy atom. The molecular formula is C15H18Cl2N2O. The zero-order chi connectivity index (χ0) is 14.5. The standard InChI is InChI=1S/C15H18Cl2N2O/c1-10(2)18-8-4-7-14-19-9-13(20-14)11-5-3-6-12(16)15(11)17/h3,5-6,9-10,18H,4,7-8H2,1-2H3. The second-order valence-corrected chi connectivity index (χ2v) is 5.72. The molecule has 1 aromatic heterocycles. The van der Waals surface area contributed by atoms with Crippen molar-refractivity contribution >= 4 is 23.2 Å². The first kappa shape index (κ1) is 15.4. The molecule has 0 spiro atoms. The molecule has 3 nitrogen and oxygen atoms in total. The second kappa shape index (κ2) is 7.11. The number of oxazole rings is 1. The van der Waals surface area contributed by atoms with Gasteiger partial charge >= 0.3 is 0 Å². The third-order valence-corrected chi connectivity index (χ3v) is 3.71. The van der Waals surface area contributed by atoms with E-state index in [1.807, 2.05) is 12.1 Å². The molecule has 2 rings (SSSR count). The lowest BCUT2D eigenvalue weighted by Gasteiger charge is -2.06. The Hall–Kier alpha value is -1.03. The average Bonchev–Trinajstić information content (AvgIpc) is 2.86. The van der Waals surface area contributed by atoms with Gasteiger partial charge in [0.1, 0.15) is 0 Å². The monoisotopic (exact) mass is 312 g/mol. The molecule has 5 heteroatoms. The molecule has 0 bridgehead atoms. The number of halogens is 2. The van der Waals surface area contributed by atoms with Crippen LogP contribution < -0.4 is 5.32 Å². The van der Waals surface area contributed by atoms with Gasteiger partial charge in [-0.1, -0.05) is 43.1 Å². The third-order valence-electron chi connectivity index (χ3n) is 2.89. The maximum atomic E-state index is 6.17. The molecule has 1 N–H and O–H groups in total. The summed E-state index contributed by atoms with van der Waals surface area (Å²) >= 11 is 12.2. The summed E-state index contributed by atoms with van der Waals surface area (Å²) in [7, 11) is 0. The summed E-state index contributed by atoms with van der Waals surface area (Å²) in [4.78, 5) is 4.28. The number of rotatable bonds is 6. The molecule has 0 unspecified atom stereocenters. The van der Waals surface area contributed by atoms with Crippen LogP contribution in [0.4, 0.5) is 0 Å². The number of nitrogens with one attached hydrogen (secondary N) is 1. The van der Waals surface area contributed by atoms with E-state index in [1.54, 1.807) is 12.3 Å². The van der Waals surface area contributed by atoms with Crippen LogP contribution in [0.5, 0.6) is 0 Å². The lowest BCUT2D eigenvalue weighted by atomic mass is 10.2. The number of aryl methyl sites for hydroxylation is 1. The van der Waals surface area contributed by atoms with E-state index in [-0.39, 0.29) is 0 Å². The molecule has 2 aromatic rings. The predicted molar refractivity (Wildman–Crippen MR) is 83.4 cm³/mol. The fourth-order valence-electron chi connectivity index (χ4n) is 1.87. The van der Waals surface area contributed by atoms with Crippen LogP contribution in [0, 0.1) is 0 Å². The highest BCUT2D eigenvalue weighted by Gasteiger charge is 2.11. The van der Waals surface area contributed by atoms with Crippen molar-refractivity contribution in [3.63, 3.8) is 0 Å². The minimum absolute atomic E-state index is 0.498. The van der Waals surface area contributed by atoms with E-state index < -0.39 is 0 Å². The number of aromatic nitrogens is 1. The Morgan fingerprint density at radius 1 is 1.30 bits per heavy atom. The van der Waals surface area contributed by atoms with Gasteiger partial charge in [0.25, 0.3) is 0 Å². The minimum atomic E-state index is 0.498. The number of hydrogen-bond acceptors (Lipinski definition) is 3. The topological polar surface area (TPSA) is 38.1 Å². The summed E-state index contributed by atoms with van der Waals surface area (Å²) in [6.45, 7) is 5.21. The zero-order valence-corrected chi connectivity index (χ0v) is 13.1. The normalized spacial score (nSPS) is 11.2. The van der Waals surface area contributed by atoms with E-state index >= 15 is 0 Å². The van der Waals surface area contributed by atoms with Gasteiger partial charge in [0.05, 0.1) is 16.2 Å². The minimum Gasteiger partial charge on any atom is -0.441 e. The summed E-state index contributed by atoms with van der Waals surface area (Å²) in [5.74, 6) is 1.38. The Balaban J connectivity index is 2.00. The van der Waals surface area contributed by atoms with Gasteiger partial charge in [0.2, 0.25) is 0 Å². The summed E-state index contributed by atoms with van der Waals surface area (Å²) in [5, 5.41) is 4.38. The van der Waals surface area contributed by atoms with Crippen molar-refractivity contribution in [3.05, 3.63) is 40.3 Å². The smallest absolute Gasteiger partial charge is 0.194 e. The fourth-order valence-corrected chi connectivity index (χ4v) is 2.27. The molecule has 0 saturated carbocycles.